The number of para-hydroxylation sites is 1. The molecule has 0 N–H and O–H groups in total. The minimum Gasteiger partial charge on any atom is -0.370 e. The molecule has 3 aliphatic rings. The number of hydrogen-bond donors (Lipinski definition) is 0. The summed E-state index contributed by atoms with van der Waals surface area (Å²) < 4.78 is 6.37. The molecule has 2 aliphatic carbocycles. The lowest BCUT2D eigenvalue weighted by Gasteiger charge is -2.37. The number of hydrogen-bond acceptors (Lipinski definition) is 4. The van der Waals surface area contributed by atoms with Crippen LogP contribution in [0.2, 0.25) is 0 Å². The molecule has 0 amide bonds. The van der Waals surface area contributed by atoms with Crippen molar-refractivity contribution >= 4 is 11.4 Å². The third-order valence-corrected chi connectivity index (χ3v) is 7.07. The van der Waals surface area contributed by atoms with Gasteiger partial charge in [0.05, 0.1) is 12.2 Å². The molecule has 5 rings (SSSR count). The Morgan fingerprint density at radius 3 is 2.39 bits per heavy atom. The molecule has 2 aromatic rings. The second kappa shape index (κ2) is 11.1. The van der Waals surface area contributed by atoms with Gasteiger partial charge >= 0.3 is 0 Å². The number of rotatable bonds is 6. The molecule has 1 aliphatic heterocycles. The van der Waals surface area contributed by atoms with Gasteiger partial charge in [0.15, 0.2) is 0 Å². The molecular formula is C32H29N3O. The molecule has 178 valence electrons. The largest absolute Gasteiger partial charge is 0.370 e. The Morgan fingerprint density at radius 2 is 1.67 bits per heavy atom. The van der Waals surface area contributed by atoms with Crippen LogP contribution in [0.25, 0.3) is 0 Å². The lowest BCUT2D eigenvalue weighted by molar-refractivity contribution is -0.0282. The molecule has 0 aromatic heterocycles. The fourth-order valence-electron chi connectivity index (χ4n) is 5.26. The molecule has 0 saturated carbocycles. The summed E-state index contributed by atoms with van der Waals surface area (Å²) in [6, 6.07) is 23.5. The summed E-state index contributed by atoms with van der Waals surface area (Å²) in [5.74, 6) is -0.0206. The second-order valence-corrected chi connectivity index (χ2v) is 9.35. The highest BCUT2D eigenvalue weighted by molar-refractivity contribution is 5.69. The Hall–Kier alpha value is -4.12. The van der Waals surface area contributed by atoms with E-state index < -0.39 is 0 Å². The Bertz CT molecular complexity index is 1300. The topological polar surface area (TPSA) is 60.0 Å². The van der Waals surface area contributed by atoms with Crippen LogP contribution >= 0.6 is 0 Å². The zero-order chi connectivity index (χ0) is 24.7. The number of allylic oxidation sites excluding steroid dienone is 7. The first-order valence-corrected chi connectivity index (χ1v) is 12.6. The molecule has 3 atom stereocenters. The summed E-state index contributed by atoms with van der Waals surface area (Å²) in [5.41, 5.74) is 6.00. The standard InChI is InChI=1S/C32H29N3O/c33-22-25(23-34)31-21-29(36-32-14-8-7-13-30(31)32)20-17-24-15-18-28(19-16-24)35(26-9-3-1-4-10-26)27-11-5-2-6-12-27/h1-5,7-11,13-16,18-19,29-30,32H,6,12,17,20-21H2. The van der Waals surface area contributed by atoms with E-state index in [4.69, 9.17) is 4.74 Å². The number of nitriles is 2. The summed E-state index contributed by atoms with van der Waals surface area (Å²) in [5, 5.41) is 19.0. The Kier molecular flexibility index (Phi) is 7.27. The SMILES string of the molecule is N#CC(C#N)=C1CC(CCc2ccc(N(C3=CC=CCC3)c3ccccc3)cc2)OC2C=CC=CC12. The van der Waals surface area contributed by atoms with E-state index in [-0.39, 0.29) is 23.7 Å². The number of aryl methyl sites for hydroxylation is 1. The van der Waals surface area contributed by atoms with Gasteiger partial charge in [0.25, 0.3) is 0 Å². The average molecular weight is 472 g/mol. The molecule has 1 fully saturated rings. The van der Waals surface area contributed by atoms with Crippen LogP contribution in [0.15, 0.2) is 114 Å². The summed E-state index contributed by atoms with van der Waals surface area (Å²) in [7, 11) is 0. The van der Waals surface area contributed by atoms with Gasteiger partial charge in [-0.15, -0.1) is 0 Å². The molecule has 36 heavy (non-hydrogen) atoms. The molecule has 2 aromatic carbocycles. The number of ether oxygens (including phenoxy) is 1. The summed E-state index contributed by atoms with van der Waals surface area (Å²) in [6.45, 7) is 0. The van der Waals surface area contributed by atoms with Gasteiger partial charge in [-0.2, -0.15) is 10.5 Å². The van der Waals surface area contributed by atoms with E-state index in [1.165, 1.54) is 11.3 Å². The van der Waals surface area contributed by atoms with Crippen LogP contribution < -0.4 is 4.90 Å². The van der Waals surface area contributed by atoms with Crippen molar-refractivity contribution in [1.29, 1.82) is 10.5 Å². The minimum atomic E-state index is -0.111. The molecular weight excluding hydrogens is 442 g/mol. The van der Waals surface area contributed by atoms with Crippen LogP contribution in [-0.4, -0.2) is 12.2 Å². The van der Waals surface area contributed by atoms with E-state index >= 15 is 0 Å². The van der Waals surface area contributed by atoms with E-state index in [2.05, 4.69) is 83.8 Å². The lowest BCUT2D eigenvalue weighted by Crippen LogP contribution is -2.36. The van der Waals surface area contributed by atoms with E-state index in [0.717, 1.165) is 42.6 Å². The van der Waals surface area contributed by atoms with Gasteiger partial charge in [0, 0.05) is 23.0 Å². The first kappa shape index (κ1) is 23.6. The van der Waals surface area contributed by atoms with Gasteiger partial charge in [-0.3, -0.25) is 0 Å². The maximum atomic E-state index is 9.49. The quantitative estimate of drug-likeness (QED) is 0.417. The van der Waals surface area contributed by atoms with Crippen molar-refractivity contribution in [2.75, 3.05) is 4.90 Å². The second-order valence-electron chi connectivity index (χ2n) is 9.35. The maximum Gasteiger partial charge on any atom is 0.129 e. The van der Waals surface area contributed by atoms with Crippen LogP contribution in [0.5, 0.6) is 0 Å². The van der Waals surface area contributed by atoms with E-state index in [0.29, 0.717) is 6.42 Å². The predicted octanol–water partition coefficient (Wildman–Crippen LogP) is 7.23. The molecule has 4 heteroatoms. The van der Waals surface area contributed by atoms with Crippen molar-refractivity contribution in [3.63, 3.8) is 0 Å². The number of benzene rings is 2. The maximum absolute atomic E-state index is 9.49. The highest BCUT2D eigenvalue weighted by Gasteiger charge is 2.34. The van der Waals surface area contributed by atoms with Crippen molar-refractivity contribution < 1.29 is 4.74 Å². The van der Waals surface area contributed by atoms with E-state index in [9.17, 15) is 10.5 Å². The van der Waals surface area contributed by atoms with Crippen LogP contribution in [-0.2, 0) is 11.2 Å². The molecule has 0 bridgehead atoms. The Morgan fingerprint density at radius 1 is 0.917 bits per heavy atom. The van der Waals surface area contributed by atoms with E-state index in [1.807, 2.05) is 30.4 Å². The summed E-state index contributed by atoms with van der Waals surface area (Å²) in [6.07, 6.45) is 18.9. The molecule has 0 radical (unpaired) electrons. The number of nitrogens with zero attached hydrogens (tertiary/aromatic N) is 3. The average Bonchev–Trinajstić information content (AvgIpc) is 2.94. The zero-order valence-corrected chi connectivity index (χ0v) is 20.3. The number of anilines is 2. The normalized spacial score (nSPS) is 22.2. The monoisotopic (exact) mass is 471 g/mol. The van der Waals surface area contributed by atoms with Crippen molar-refractivity contribution in [2.24, 2.45) is 5.92 Å². The summed E-state index contributed by atoms with van der Waals surface area (Å²) >= 11 is 0. The Labute approximate surface area is 213 Å². The van der Waals surface area contributed by atoms with Crippen molar-refractivity contribution in [1.82, 2.24) is 0 Å². The first-order chi connectivity index (χ1) is 17.8. The van der Waals surface area contributed by atoms with Gasteiger partial charge in [0.2, 0.25) is 0 Å². The predicted molar refractivity (Wildman–Crippen MR) is 143 cm³/mol. The first-order valence-electron chi connectivity index (χ1n) is 12.6. The highest BCUT2D eigenvalue weighted by Crippen LogP contribution is 2.37. The van der Waals surface area contributed by atoms with Gasteiger partial charge < -0.3 is 9.64 Å². The number of fused-ring (bicyclic) bond motifs is 1. The minimum absolute atomic E-state index is 0.0197. The fourth-order valence-corrected chi connectivity index (χ4v) is 5.26. The van der Waals surface area contributed by atoms with Gasteiger partial charge in [-0.05, 0) is 73.6 Å². The Balaban J connectivity index is 1.31. The molecule has 4 nitrogen and oxygen atoms in total. The smallest absolute Gasteiger partial charge is 0.129 e. The van der Waals surface area contributed by atoms with Gasteiger partial charge in [-0.25, -0.2) is 0 Å². The van der Waals surface area contributed by atoms with Crippen LogP contribution in [0.3, 0.4) is 0 Å². The zero-order valence-electron chi connectivity index (χ0n) is 20.3. The van der Waals surface area contributed by atoms with Crippen LogP contribution in [0.1, 0.15) is 31.2 Å². The third-order valence-electron chi connectivity index (χ3n) is 7.07. The highest BCUT2D eigenvalue weighted by atomic mass is 16.5. The van der Waals surface area contributed by atoms with Gasteiger partial charge in [-0.1, -0.05) is 66.8 Å². The fraction of sp³-hybridized carbons (Fsp3) is 0.250. The lowest BCUT2D eigenvalue weighted by atomic mass is 9.80. The molecule has 3 unspecified atom stereocenters. The molecule has 1 heterocycles. The van der Waals surface area contributed by atoms with Crippen molar-refractivity contribution in [3.05, 3.63) is 120 Å². The van der Waals surface area contributed by atoms with Crippen LogP contribution in [0, 0.1) is 28.6 Å². The third kappa shape index (κ3) is 5.10. The molecule has 0 spiro atoms. The summed E-state index contributed by atoms with van der Waals surface area (Å²) in [4.78, 5) is 2.34. The van der Waals surface area contributed by atoms with Crippen molar-refractivity contribution in [2.45, 2.75) is 44.3 Å². The van der Waals surface area contributed by atoms with Crippen LogP contribution in [0.4, 0.5) is 11.4 Å². The molecule has 1 saturated heterocycles. The van der Waals surface area contributed by atoms with E-state index in [1.54, 1.807) is 0 Å². The van der Waals surface area contributed by atoms with Gasteiger partial charge in [0.1, 0.15) is 17.7 Å². The van der Waals surface area contributed by atoms with Crippen molar-refractivity contribution in [3.8, 4) is 12.1 Å².